The number of amidine groups is 1. The number of fused-ring (bicyclic) bond motifs is 1. The number of hydrogen-bond acceptors (Lipinski definition) is 7. The summed E-state index contributed by atoms with van der Waals surface area (Å²) in [7, 11) is 1.55. The first kappa shape index (κ1) is 21.9. The fraction of sp³-hybridized carbons (Fsp3) is 0.364. The van der Waals surface area contributed by atoms with E-state index >= 15 is 0 Å². The molecule has 0 bridgehead atoms. The molecule has 2 amide bonds. The van der Waals surface area contributed by atoms with Gasteiger partial charge in [0.05, 0.1) is 18.2 Å². The van der Waals surface area contributed by atoms with E-state index in [4.69, 9.17) is 9.73 Å². The Morgan fingerprint density at radius 2 is 2.19 bits per heavy atom. The van der Waals surface area contributed by atoms with Gasteiger partial charge in [-0.1, -0.05) is 6.07 Å². The molecule has 0 spiro atoms. The number of halogens is 1. The highest BCUT2D eigenvalue weighted by Gasteiger charge is 2.42. The lowest BCUT2D eigenvalue weighted by Gasteiger charge is -2.32. The van der Waals surface area contributed by atoms with Gasteiger partial charge in [-0.05, 0) is 37.1 Å². The van der Waals surface area contributed by atoms with Crippen molar-refractivity contribution in [2.24, 2.45) is 4.99 Å². The largest absolute Gasteiger partial charge is 0.463 e. The van der Waals surface area contributed by atoms with E-state index in [0.717, 1.165) is 11.3 Å². The average Bonchev–Trinajstić information content (AvgIpc) is 3.42. The number of rotatable bonds is 5. The van der Waals surface area contributed by atoms with E-state index in [1.165, 1.54) is 23.5 Å². The van der Waals surface area contributed by atoms with Crippen molar-refractivity contribution in [3.8, 4) is 0 Å². The third-order valence-electron chi connectivity index (χ3n) is 5.47. The number of nitrogens with zero attached hydrogens (tertiary/aromatic N) is 3. The number of nitrogens with one attached hydrogen (secondary N) is 2. The molecule has 0 radical (unpaired) electrons. The van der Waals surface area contributed by atoms with Crippen molar-refractivity contribution in [1.29, 1.82) is 0 Å². The molecule has 0 unspecified atom stereocenters. The fourth-order valence-electron chi connectivity index (χ4n) is 4.09. The molecule has 2 aromatic rings. The molecule has 3 heterocycles. The van der Waals surface area contributed by atoms with Crippen LogP contribution >= 0.6 is 11.3 Å². The van der Waals surface area contributed by atoms with Crippen LogP contribution in [0.25, 0.3) is 0 Å². The number of amides is 2. The van der Waals surface area contributed by atoms with Crippen LogP contribution in [0.5, 0.6) is 0 Å². The highest BCUT2D eigenvalue weighted by atomic mass is 32.1. The van der Waals surface area contributed by atoms with Crippen molar-refractivity contribution in [3.63, 3.8) is 0 Å². The highest BCUT2D eigenvalue weighted by molar-refractivity contribution is 7.11. The molecule has 2 aliphatic heterocycles. The molecule has 32 heavy (non-hydrogen) atoms. The van der Waals surface area contributed by atoms with Crippen LogP contribution in [0.2, 0.25) is 0 Å². The Bertz CT molecular complexity index is 1100. The number of benzene rings is 1. The lowest BCUT2D eigenvalue weighted by molar-refractivity contribution is -0.139. The third kappa shape index (κ3) is 4.10. The van der Waals surface area contributed by atoms with Crippen LogP contribution in [-0.2, 0) is 9.53 Å². The second-order valence-electron chi connectivity index (χ2n) is 7.51. The van der Waals surface area contributed by atoms with E-state index in [0.29, 0.717) is 34.9 Å². The summed E-state index contributed by atoms with van der Waals surface area (Å²) in [5, 5.41) is 8.04. The van der Waals surface area contributed by atoms with Gasteiger partial charge in [0.25, 0.3) is 0 Å². The van der Waals surface area contributed by atoms with E-state index in [2.05, 4.69) is 15.6 Å². The number of aryl methyl sites for hydroxylation is 1. The molecule has 2 N–H and O–H groups in total. The molecule has 10 heteroatoms. The summed E-state index contributed by atoms with van der Waals surface area (Å²) in [6.45, 7) is 4.20. The Hall–Kier alpha value is -3.27. The summed E-state index contributed by atoms with van der Waals surface area (Å²) >= 11 is 1.44. The second-order valence-corrected chi connectivity index (χ2v) is 8.40. The Morgan fingerprint density at radius 3 is 2.84 bits per heavy atom. The maximum Gasteiger partial charge on any atom is 0.338 e. The van der Waals surface area contributed by atoms with Crippen LogP contribution in [0.15, 0.2) is 46.0 Å². The molecule has 168 valence electrons. The van der Waals surface area contributed by atoms with Crippen LogP contribution in [0.4, 0.5) is 9.18 Å². The molecule has 4 rings (SSSR count). The van der Waals surface area contributed by atoms with Gasteiger partial charge in [0.15, 0.2) is 10.8 Å². The van der Waals surface area contributed by atoms with Gasteiger partial charge in [-0.3, -0.25) is 4.99 Å². The molecule has 1 fully saturated rings. The molecular formula is C22H24FN5O3S. The van der Waals surface area contributed by atoms with Crippen LogP contribution in [0.3, 0.4) is 0 Å². The summed E-state index contributed by atoms with van der Waals surface area (Å²) in [6.07, 6.45) is 2.13. The second kappa shape index (κ2) is 9.07. The Labute approximate surface area is 189 Å². The number of ether oxygens (including phenoxy) is 1. The van der Waals surface area contributed by atoms with Gasteiger partial charge < -0.3 is 20.3 Å². The maximum absolute atomic E-state index is 13.8. The monoisotopic (exact) mass is 457 g/mol. The standard InChI is InChI=1S/C22H24FN5O3S/c1-4-31-21(29)17-16-10-14(26-22(30)24-3)11-28(16)19(20-25-7-8-32-20)27-18(17)15-6-5-13(23)9-12(15)2/h5-9,14,18H,4,10-11H2,1-3H3,(H2,24,26,30)/t14-,18-/m0/s1. The topological polar surface area (TPSA) is 95.9 Å². The zero-order valence-corrected chi connectivity index (χ0v) is 18.8. The number of carbonyl (C=O) groups excluding carboxylic acids is 2. The van der Waals surface area contributed by atoms with Gasteiger partial charge in [0.2, 0.25) is 0 Å². The molecule has 8 nitrogen and oxygen atoms in total. The normalized spacial score (nSPS) is 20.0. The lowest BCUT2D eigenvalue weighted by atomic mass is 9.91. The van der Waals surface area contributed by atoms with Crippen molar-refractivity contribution >= 4 is 29.2 Å². The minimum Gasteiger partial charge on any atom is -0.463 e. The first-order valence-electron chi connectivity index (χ1n) is 10.3. The number of carbonyl (C=O) groups is 2. The number of thiazole rings is 1. The Balaban J connectivity index is 1.86. The van der Waals surface area contributed by atoms with Crippen LogP contribution in [0, 0.1) is 12.7 Å². The van der Waals surface area contributed by atoms with Crippen LogP contribution < -0.4 is 10.6 Å². The molecule has 0 aliphatic carbocycles. The van der Waals surface area contributed by atoms with E-state index in [9.17, 15) is 14.0 Å². The van der Waals surface area contributed by atoms with Crippen molar-refractivity contribution in [2.45, 2.75) is 32.4 Å². The van der Waals surface area contributed by atoms with E-state index in [1.807, 2.05) is 10.3 Å². The number of urea groups is 1. The summed E-state index contributed by atoms with van der Waals surface area (Å²) < 4.78 is 19.2. The Kier molecular flexibility index (Phi) is 6.22. The van der Waals surface area contributed by atoms with Gasteiger partial charge in [0.1, 0.15) is 11.9 Å². The first-order valence-corrected chi connectivity index (χ1v) is 11.2. The molecule has 2 atom stereocenters. The smallest absolute Gasteiger partial charge is 0.338 e. The first-order chi connectivity index (χ1) is 15.4. The minimum absolute atomic E-state index is 0.216. The van der Waals surface area contributed by atoms with Gasteiger partial charge in [-0.25, -0.2) is 19.0 Å². The maximum atomic E-state index is 13.8. The van der Waals surface area contributed by atoms with Crippen molar-refractivity contribution < 1.29 is 18.7 Å². The molecule has 0 saturated carbocycles. The van der Waals surface area contributed by atoms with E-state index < -0.39 is 12.0 Å². The van der Waals surface area contributed by atoms with Gasteiger partial charge >= 0.3 is 12.0 Å². The zero-order valence-electron chi connectivity index (χ0n) is 18.0. The summed E-state index contributed by atoms with van der Waals surface area (Å²) in [5.74, 6) is -0.199. The Morgan fingerprint density at radius 1 is 1.38 bits per heavy atom. The molecular weight excluding hydrogens is 433 g/mol. The quantitative estimate of drug-likeness (QED) is 0.673. The number of aliphatic imine (C=N–C) groups is 1. The number of aromatic nitrogens is 1. The molecule has 1 saturated heterocycles. The lowest BCUT2D eigenvalue weighted by Crippen LogP contribution is -2.43. The molecule has 1 aromatic heterocycles. The summed E-state index contributed by atoms with van der Waals surface area (Å²) in [6, 6.07) is 3.25. The fourth-order valence-corrected chi connectivity index (χ4v) is 4.73. The zero-order chi connectivity index (χ0) is 22.8. The van der Waals surface area contributed by atoms with Crippen LogP contribution in [-0.4, -0.2) is 54.0 Å². The number of hydrogen-bond donors (Lipinski definition) is 2. The van der Waals surface area contributed by atoms with Crippen molar-refractivity contribution in [3.05, 3.63) is 63.0 Å². The predicted octanol–water partition coefficient (Wildman–Crippen LogP) is 2.91. The van der Waals surface area contributed by atoms with E-state index in [-0.39, 0.29) is 24.5 Å². The minimum atomic E-state index is -0.668. The average molecular weight is 458 g/mol. The summed E-state index contributed by atoms with van der Waals surface area (Å²) in [4.78, 5) is 36.3. The SMILES string of the molecule is CCOC(=O)C1=C2C[C@H](NC(=O)NC)CN2C(c2nccs2)=N[C@H]1c1ccc(F)cc1C. The van der Waals surface area contributed by atoms with Gasteiger partial charge in [-0.2, -0.15) is 0 Å². The van der Waals surface area contributed by atoms with Crippen molar-refractivity contribution in [2.75, 3.05) is 20.2 Å². The summed E-state index contributed by atoms with van der Waals surface area (Å²) in [5.41, 5.74) is 2.55. The predicted molar refractivity (Wildman–Crippen MR) is 119 cm³/mol. The molecule has 2 aliphatic rings. The number of esters is 1. The van der Waals surface area contributed by atoms with Gasteiger partial charge in [0, 0.05) is 37.3 Å². The molecule has 1 aromatic carbocycles. The van der Waals surface area contributed by atoms with Crippen LogP contribution in [0.1, 0.15) is 35.5 Å². The van der Waals surface area contributed by atoms with Gasteiger partial charge in [-0.15, -0.1) is 11.3 Å². The highest BCUT2D eigenvalue weighted by Crippen LogP contribution is 2.41. The van der Waals surface area contributed by atoms with Crippen molar-refractivity contribution in [1.82, 2.24) is 20.5 Å². The van der Waals surface area contributed by atoms with E-state index in [1.54, 1.807) is 33.2 Å². The third-order valence-corrected chi connectivity index (χ3v) is 6.24.